The second-order valence-electron chi connectivity index (χ2n) is 8.71. The molecular weight excluding hydrogens is 340 g/mol. The van der Waals surface area contributed by atoms with Crippen molar-refractivity contribution in [3.05, 3.63) is 35.4 Å². The lowest BCUT2D eigenvalue weighted by atomic mass is 9.76. The number of carbonyl (C=O) groups is 2. The molecule has 0 radical (unpaired) electrons. The van der Waals surface area contributed by atoms with E-state index in [1.807, 2.05) is 43.9 Å². The summed E-state index contributed by atoms with van der Waals surface area (Å²) in [5.74, 6) is 0.129. The number of amides is 1. The minimum atomic E-state index is -0.515. The largest absolute Gasteiger partial charge is 0.444 e. The summed E-state index contributed by atoms with van der Waals surface area (Å²) in [7, 11) is 0. The lowest BCUT2D eigenvalue weighted by molar-refractivity contribution is -0.126. The third-order valence-electron chi connectivity index (χ3n) is 5.54. The average molecular weight is 368 g/mol. The number of hydrogen-bond donors (Lipinski definition) is 0. The van der Waals surface area contributed by atoms with Gasteiger partial charge in [-0.3, -0.25) is 4.79 Å². The van der Waals surface area contributed by atoms with E-state index in [1.165, 1.54) is 0 Å². The van der Waals surface area contributed by atoms with E-state index in [2.05, 4.69) is 6.07 Å². The molecule has 2 aliphatic rings. The molecule has 1 aromatic rings. The standard InChI is InChI=1S/C22H28N2O3/c1-22(2,3)27-21(26)24-18-9-6-10-19(24)12-17(11-18)20(25)13-15-7-4-5-8-16(15)14-23/h4-5,7-8,17-19H,6,9-13H2,1-3H3. The van der Waals surface area contributed by atoms with Crippen molar-refractivity contribution in [1.82, 2.24) is 4.90 Å². The van der Waals surface area contributed by atoms with Crippen LogP contribution in [0.1, 0.15) is 64.0 Å². The van der Waals surface area contributed by atoms with Crippen molar-refractivity contribution in [2.75, 3.05) is 0 Å². The predicted molar refractivity (Wildman–Crippen MR) is 102 cm³/mol. The molecule has 2 bridgehead atoms. The number of rotatable bonds is 3. The summed E-state index contributed by atoms with van der Waals surface area (Å²) in [5.41, 5.74) is 0.848. The van der Waals surface area contributed by atoms with Gasteiger partial charge in [-0.1, -0.05) is 18.2 Å². The Morgan fingerprint density at radius 3 is 2.41 bits per heavy atom. The van der Waals surface area contributed by atoms with Crippen molar-refractivity contribution in [2.24, 2.45) is 5.92 Å². The first kappa shape index (κ1) is 19.4. The first-order chi connectivity index (χ1) is 12.8. The molecule has 1 aromatic carbocycles. The number of Topliss-reactive ketones (excluding diaryl/α,β-unsaturated/α-hetero) is 1. The van der Waals surface area contributed by atoms with Gasteiger partial charge in [0.15, 0.2) is 0 Å². The van der Waals surface area contributed by atoms with Gasteiger partial charge in [-0.15, -0.1) is 0 Å². The summed E-state index contributed by atoms with van der Waals surface area (Å²) in [5, 5.41) is 9.24. The molecule has 0 N–H and O–H groups in total. The maximum atomic E-state index is 12.9. The van der Waals surface area contributed by atoms with Crippen LogP contribution < -0.4 is 0 Å². The molecule has 2 heterocycles. The van der Waals surface area contributed by atoms with E-state index < -0.39 is 5.60 Å². The van der Waals surface area contributed by atoms with Gasteiger partial charge >= 0.3 is 6.09 Å². The smallest absolute Gasteiger partial charge is 0.410 e. The van der Waals surface area contributed by atoms with Crippen molar-refractivity contribution in [2.45, 2.75) is 77.0 Å². The Morgan fingerprint density at radius 2 is 1.81 bits per heavy atom. The summed E-state index contributed by atoms with van der Waals surface area (Å²) < 4.78 is 5.60. The van der Waals surface area contributed by atoms with Gasteiger partial charge in [0.1, 0.15) is 11.4 Å². The third-order valence-corrected chi connectivity index (χ3v) is 5.54. The van der Waals surface area contributed by atoms with Gasteiger partial charge in [0.05, 0.1) is 11.6 Å². The maximum absolute atomic E-state index is 12.9. The fourth-order valence-corrected chi connectivity index (χ4v) is 4.37. The molecule has 5 heteroatoms. The van der Waals surface area contributed by atoms with Crippen LogP contribution in [0.25, 0.3) is 0 Å². The zero-order chi connectivity index (χ0) is 19.6. The molecule has 2 aliphatic heterocycles. The van der Waals surface area contributed by atoms with Crippen LogP contribution in [0.2, 0.25) is 0 Å². The highest BCUT2D eigenvalue weighted by Crippen LogP contribution is 2.38. The second-order valence-corrected chi connectivity index (χ2v) is 8.71. The van der Waals surface area contributed by atoms with E-state index in [0.717, 1.165) is 24.8 Å². The minimum absolute atomic E-state index is 0.0502. The Kier molecular flexibility index (Phi) is 5.55. The molecule has 0 aliphatic carbocycles. The molecule has 0 saturated carbocycles. The van der Waals surface area contributed by atoms with Gasteiger partial charge in [-0.2, -0.15) is 5.26 Å². The minimum Gasteiger partial charge on any atom is -0.444 e. The molecule has 3 rings (SSSR count). The molecule has 0 aromatic heterocycles. The number of ether oxygens (including phenoxy) is 1. The fourth-order valence-electron chi connectivity index (χ4n) is 4.37. The van der Waals surface area contributed by atoms with Gasteiger partial charge in [-0.05, 0) is 64.5 Å². The highest BCUT2D eigenvalue weighted by Gasteiger charge is 2.44. The Morgan fingerprint density at radius 1 is 1.19 bits per heavy atom. The molecule has 0 spiro atoms. The predicted octanol–water partition coefficient (Wildman–Crippen LogP) is 4.24. The third kappa shape index (κ3) is 4.50. The van der Waals surface area contributed by atoms with Crippen LogP contribution in [0.5, 0.6) is 0 Å². The fraction of sp³-hybridized carbons (Fsp3) is 0.591. The van der Waals surface area contributed by atoms with E-state index in [1.54, 1.807) is 6.07 Å². The highest BCUT2D eigenvalue weighted by molar-refractivity contribution is 5.84. The van der Waals surface area contributed by atoms with Crippen LogP contribution in [0.15, 0.2) is 24.3 Å². The van der Waals surface area contributed by atoms with E-state index >= 15 is 0 Å². The Balaban J connectivity index is 1.70. The number of benzene rings is 1. The van der Waals surface area contributed by atoms with Crippen molar-refractivity contribution in [3.8, 4) is 6.07 Å². The number of nitriles is 1. The number of fused-ring (bicyclic) bond motifs is 2. The van der Waals surface area contributed by atoms with E-state index in [-0.39, 0.29) is 29.9 Å². The summed E-state index contributed by atoms with van der Waals surface area (Å²) >= 11 is 0. The van der Waals surface area contributed by atoms with Crippen LogP contribution in [0, 0.1) is 17.2 Å². The van der Waals surface area contributed by atoms with Crippen LogP contribution >= 0.6 is 0 Å². The zero-order valence-corrected chi connectivity index (χ0v) is 16.4. The highest BCUT2D eigenvalue weighted by atomic mass is 16.6. The Hall–Kier alpha value is -2.35. The van der Waals surface area contributed by atoms with Crippen molar-refractivity contribution < 1.29 is 14.3 Å². The van der Waals surface area contributed by atoms with Crippen LogP contribution in [-0.4, -0.2) is 34.5 Å². The van der Waals surface area contributed by atoms with Gasteiger partial charge in [0.2, 0.25) is 0 Å². The van der Waals surface area contributed by atoms with Gasteiger partial charge in [0, 0.05) is 24.4 Å². The SMILES string of the molecule is CC(C)(C)OC(=O)N1C2CCCC1CC(C(=O)Cc1ccccc1C#N)C2. The molecule has 2 saturated heterocycles. The zero-order valence-electron chi connectivity index (χ0n) is 16.4. The quantitative estimate of drug-likeness (QED) is 0.800. The molecular formula is C22H28N2O3. The van der Waals surface area contributed by atoms with Gasteiger partial charge < -0.3 is 9.64 Å². The topological polar surface area (TPSA) is 70.4 Å². The van der Waals surface area contributed by atoms with Crippen LogP contribution in [0.3, 0.4) is 0 Å². The number of piperidine rings is 2. The van der Waals surface area contributed by atoms with Crippen molar-refractivity contribution in [1.29, 1.82) is 5.26 Å². The maximum Gasteiger partial charge on any atom is 0.410 e. The molecule has 2 unspecified atom stereocenters. The number of carbonyl (C=O) groups excluding carboxylic acids is 2. The normalized spacial score (nSPS) is 24.8. The van der Waals surface area contributed by atoms with Crippen molar-refractivity contribution >= 4 is 11.9 Å². The van der Waals surface area contributed by atoms with Crippen LogP contribution in [-0.2, 0) is 16.0 Å². The Labute approximate surface area is 161 Å². The molecule has 2 fully saturated rings. The molecule has 5 nitrogen and oxygen atoms in total. The van der Waals surface area contributed by atoms with Crippen molar-refractivity contribution in [3.63, 3.8) is 0 Å². The first-order valence-electron chi connectivity index (χ1n) is 9.80. The summed E-state index contributed by atoms with van der Waals surface area (Å²) in [6.07, 6.45) is 4.38. The number of nitrogens with zero attached hydrogens (tertiary/aromatic N) is 2. The lowest BCUT2D eigenvalue weighted by Gasteiger charge is -2.48. The van der Waals surface area contributed by atoms with Gasteiger partial charge in [0.25, 0.3) is 0 Å². The van der Waals surface area contributed by atoms with E-state index in [4.69, 9.17) is 4.74 Å². The lowest BCUT2D eigenvalue weighted by Crippen LogP contribution is -2.56. The molecule has 1 amide bonds. The average Bonchev–Trinajstić information content (AvgIpc) is 2.59. The monoisotopic (exact) mass is 368 g/mol. The molecule has 144 valence electrons. The van der Waals surface area contributed by atoms with Crippen LogP contribution in [0.4, 0.5) is 4.79 Å². The Bertz CT molecular complexity index is 746. The summed E-state index contributed by atoms with van der Waals surface area (Å²) in [6, 6.07) is 9.61. The second kappa shape index (κ2) is 7.72. The van der Waals surface area contributed by atoms with Gasteiger partial charge in [-0.25, -0.2) is 4.79 Å². The number of ketones is 1. The molecule has 27 heavy (non-hydrogen) atoms. The van der Waals surface area contributed by atoms with E-state index in [0.29, 0.717) is 24.8 Å². The molecule has 2 atom stereocenters. The summed E-state index contributed by atoms with van der Waals surface area (Å²) in [6.45, 7) is 5.64. The summed E-state index contributed by atoms with van der Waals surface area (Å²) in [4.78, 5) is 27.5. The first-order valence-corrected chi connectivity index (χ1v) is 9.80. The number of hydrogen-bond acceptors (Lipinski definition) is 4. The van der Waals surface area contributed by atoms with E-state index in [9.17, 15) is 14.9 Å².